The van der Waals surface area contributed by atoms with E-state index in [0.717, 1.165) is 24.0 Å². The van der Waals surface area contributed by atoms with E-state index in [1.807, 2.05) is 36.4 Å². The van der Waals surface area contributed by atoms with Crippen LogP contribution in [0.2, 0.25) is 0 Å². The number of esters is 1. The zero-order valence-corrected chi connectivity index (χ0v) is 16.4. The largest absolute Gasteiger partial charge is 0.436 e. The van der Waals surface area contributed by atoms with Gasteiger partial charge in [0.1, 0.15) is 0 Å². The zero-order valence-electron chi connectivity index (χ0n) is 16.4. The second-order valence-corrected chi connectivity index (χ2v) is 8.72. The first-order chi connectivity index (χ1) is 12.1. The predicted octanol–water partition coefficient (Wildman–Crippen LogP) is 4.76. The van der Waals surface area contributed by atoms with Gasteiger partial charge in [-0.05, 0) is 40.9 Å². The quantitative estimate of drug-likeness (QED) is 0.641. The van der Waals surface area contributed by atoms with Gasteiger partial charge in [0.2, 0.25) is 5.72 Å². The number of carbonyl (C=O) groups excluding carboxylic acids is 1. The van der Waals surface area contributed by atoms with E-state index >= 15 is 0 Å². The third kappa shape index (κ3) is 3.16. The molecule has 2 aromatic carbocycles. The normalized spacial score (nSPS) is 19.9. The van der Waals surface area contributed by atoms with Crippen LogP contribution in [0.25, 0.3) is 0 Å². The molecule has 0 heterocycles. The third-order valence-corrected chi connectivity index (χ3v) is 5.79. The fraction of sp³-hybridized carbons (Fsp3) is 0.435. The van der Waals surface area contributed by atoms with Crippen LogP contribution in [0, 0.1) is 0 Å². The molecule has 1 aliphatic carbocycles. The molecule has 0 saturated carbocycles. The van der Waals surface area contributed by atoms with Crippen LogP contribution in [0.5, 0.6) is 0 Å². The summed E-state index contributed by atoms with van der Waals surface area (Å²) in [7, 11) is 0. The van der Waals surface area contributed by atoms with E-state index in [9.17, 15) is 4.79 Å². The van der Waals surface area contributed by atoms with Crippen LogP contribution >= 0.6 is 0 Å². The molecule has 26 heavy (non-hydrogen) atoms. The molecular weight excluding hydrogens is 322 g/mol. The van der Waals surface area contributed by atoms with E-state index < -0.39 is 11.7 Å². The van der Waals surface area contributed by atoms with Gasteiger partial charge in [-0.25, -0.2) is 0 Å². The second-order valence-electron chi connectivity index (χ2n) is 8.72. The lowest BCUT2D eigenvalue weighted by Crippen LogP contribution is -2.43. The standard InChI is InChI=1S/C23H29NO2/c1-16(25)26-23(24,17-9-7-6-8-10-17)18-11-12-19-20(15-18)22(4,5)14-13-21(19,2)3/h6-12,15H,13-14,24H2,1-5H3. The number of carbonyl (C=O) groups is 1. The minimum Gasteiger partial charge on any atom is -0.436 e. The molecule has 0 bridgehead atoms. The van der Waals surface area contributed by atoms with Crippen LogP contribution in [0.1, 0.15) is 69.7 Å². The van der Waals surface area contributed by atoms with Crippen molar-refractivity contribution in [2.45, 2.75) is 64.0 Å². The lowest BCUT2D eigenvalue weighted by molar-refractivity contribution is -0.153. The maximum Gasteiger partial charge on any atom is 0.304 e. The Morgan fingerprint density at radius 3 is 2.08 bits per heavy atom. The minimum absolute atomic E-state index is 0.0642. The summed E-state index contributed by atoms with van der Waals surface area (Å²) < 4.78 is 5.66. The van der Waals surface area contributed by atoms with E-state index in [-0.39, 0.29) is 10.8 Å². The van der Waals surface area contributed by atoms with Gasteiger partial charge in [0.05, 0.1) is 0 Å². The van der Waals surface area contributed by atoms with Crippen LogP contribution in [0.3, 0.4) is 0 Å². The van der Waals surface area contributed by atoms with E-state index in [4.69, 9.17) is 10.5 Å². The van der Waals surface area contributed by atoms with Crippen molar-refractivity contribution in [3.05, 3.63) is 70.8 Å². The molecule has 3 nitrogen and oxygen atoms in total. The molecule has 138 valence electrons. The molecule has 0 aliphatic heterocycles. The molecule has 3 rings (SSSR count). The molecular formula is C23H29NO2. The average molecular weight is 351 g/mol. The summed E-state index contributed by atoms with van der Waals surface area (Å²) in [6, 6.07) is 15.9. The number of benzene rings is 2. The van der Waals surface area contributed by atoms with Crippen LogP contribution in [-0.2, 0) is 26.1 Å². The molecule has 1 aliphatic rings. The lowest BCUT2D eigenvalue weighted by Gasteiger charge is -2.43. The highest BCUT2D eigenvalue weighted by Crippen LogP contribution is 2.47. The van der Waals surface area contributed by atoms with Gasteiger partial charge in [-0.15, -0.1) is 0 Å². The summed E-state index contributed by atoms with van der Waals surface area (Å²) in [6.07, 6.45) is 2.27. The van der Waals surface area contributed by atoms with Crippen LogP contribution in [-0.4, -0.2) is 5.97 Å². The van der Waals surface area contributed by atoms with Crippen molar-refractivity contribution in [2.24, 2.45) is 5.73 Å². The number of hydrogen-bond donors (Lipinski definition) is 1. The van der Waals surface area contributed by atoms with E-state index in [1.54, 1.807) is 0 Å². The van der Waals surface area contributed by atoms with Crippen molar-refractivity contribution < 1.29 is 9.53 Å². The third-order valence-electron chi connectivity index (χ3n) is 5.79. The Hall–Kier alpha value is -2.13. The summed E-state index contributed by atoms with van der Waals surface area (Å²) in [5.74, 6) is -0.395. The monoisotopic (exact) mass is 351 g/mol. The van der Waals surface area contributed by atoms with Gasteiger partial charge in [-0.3, -0.25) is 10.5 Å². The molecule has 2 N–H and O–H groups in total. The molecule has 1 unspecified atom stereocenters. The van der Waals surface area contributed by atoms with Gasteiger partial charge >= 0.3 is 5.97 Å². The molecule has 1 atom stereocenters. The minimum atomic E-state index is -1.29. The summed E-state index contributed by atoms with van der Waals surface area (Å²) >= 11 is 0. The first-order valence-corrected chi connectivity index (χ1v) is 9.26. The van der Waals surface area contributed by atoms with Crippen molar-refractivity contribution in [3.8, 4) is 0 Å². The summed E-state index contributed by atoms with van der Waals surface area (Å²) in [5.41, 5.74) is 9.82. The molecule has 2 aromatic rings. The molecule has 0 radical (unpaired) electrons. The smallest absolute Gasteiger partial charge is 0.304 e. The number of nitrogens with two attached hydrogens (primary N) is 1. The van der Waals surface area contributed by atoms with E-state index in [2.05, 4.69) is 39.8 Å². The van der Waals surface area contributed by atoms with E-state index in [1.165, 1.54) is 18.1 Å². The highest BCUT2D eigenvalue weighted by atomic mass is 16.6. The first kappa shape index (κ1) is 18.7. The Morgan fingerprint density at radius 1 is 0.923 bits per heavy atom. The summed E-state index contributed by atoms with van der Waals surface area (Å²) in [4.78, 5) is 11.8. The number of fused-ring (bicyclic) bond motifs is 1. The number of ether oxygens (including phenoxy) is 1. The summed E-state index contributed by atoms with van der Waals surface area (Å²) in [5, 5.41) is 0. The number of rotatable bonds is 3. The topological polar surface area (TPSA) is 52.3 Å². The fourth-order valence-electron chi connectivity index (χ4n) is 4.02. The number of hydrogen-bond acceptors (Lipinski definition) is 3. The van der Waals surface area contributed by atoms with Gasteiger partial charge in [0, 0.05) is 18.1 Å². The zero-order chi connectivity index (χ0) is 19.2. The van der Waals surface area contributed by atoms with E-state index in [0.29, 0.717) is 0 Å². The Labute approximate surface area is 156 Å². The molecule has 0 aromatic heterocycles. The first-order valence-electron chi connectivity index (χ1n) is 9.26. The van der Waals surface area contributed by atoms with Crippen molar-refractivity contribution in [2.75, 3.05) is 0 Å². The summed E-state index contributed by atoms with van der Waals surface area (Å²) in [6.45, 7) is 10.5. The average Bonchev–Trinajstić information content (AvgIpc) is 2.59. The Balaban J connectivity index is 2.20. The van der Waals surface area contributed by atoms with Crippen molar-refractivity contribution >= 4 is 5.97 Å². The van der Waals surface area contributed by atoms with Crippen molar-refractivity contribution in [1.82, 2.24) is 0 Å². The van der Waals surface area contributed by atoms with Gasteiger partial charge in [0.25, 0.3) is 0 Å². The van der Waals surface area contributed by atoms with Gasteiger partial charge in [-0.2, -0.15) is 0 Å². The molecule has 0 amide bonds. The van der Waals surface area contributed by atoms with Gasteiger partial charge < -0.3 is 4.74 Å². The molecule has 0 saturated heterocycles. The van der Waals surface area contributed by atoms with Gasteiger partial charge in [0.15, 0.2) is 0 Å². The Morgan fingerprint density at radius 2 is 1.50 bits per heavy atom. The SMILES string of the molecule is CC(=O)OC(N)(c1ccccc1)c1ccc2c(c1)C(C)(C)CCC2(C)C. The Bertz CT molecular complexity index is 823. The molecule has 3 heteroatoms. The van der Waals surface area contributed by atoms with Crippen molar-refractivity contribution in [3.63, 3.8) is 0 Å². The predicted molar refractivity (Wildman–Crippen MR) is 105 cm³/mol. The Kier molecular flexibility index (Phi) is 4.48. The highest BCUT2D eigenvalue weighted by molar-refractivity contribution is 5.67. The fourth-order valence-corrected chi connectivity index (χ4v) is 4.02. The second kappa shape index (κ2) is 6.24. The van der Waals surface area contributed by atoms with Crippen molar-refractivity contribution in [1.29, 1.82) is 0 Å². The molecule has 0 spiro atoms. The molecule has 0 fully saturated rings. The van der Waals surface area contributed by atoms with Crippen LogP contribution in [0.4, 0.5) is 0 Å². The van der Waals surface area contributed by atoms with Gasteiger partial charge in [-0.1, -0.05) is 70.2 Å². The van der Waals surface area contributed by atoms with Crippen LogP contribution < -0.4 is 5.73 Å². The maximum atomic E-state index is 11.8. The maximum absolute atomic E-state index is 11.8. The highest BCUT2D eigenvalue weighted by Gasteiger charge is 2.40. The lowest BCUT2D eigenvalue weighted by atomic mass is 9.62. The van der Waals surface area contributed by atoms with Crippen LogP contribution in [0.15, 0.2) is 48.5 Å².